The average Bonchev–Trinajstić information content (AvgIpc) is 2.60. The van der Waals surface area contributed by atoms with E-state index in [1.165, 1.54) is 11.4 Å². The third kappa shape index (κ3) is 3.43. The molecule has 0 radical (unpaired) electrons. The summed E-state index contributed by atoms with van der Waals surface area (Å²) in [6, 6.07) is 11.0. The lowest BCUT2D eigenvalue weighted by atomic mass is 9.88. The molecule has 7 heteroatoms. The molecule has 0 amide bonds. The fraction of sp³-hybridized carbons (Fsp3) is 0.333. The third-order valence-corrected chi connectivity index (χ3v) is 6.52. The second-order valence-electron chi connectivity index (χ2n) is 6.15. The van der Waals surface area contributed by atoms with Crippen LogP contribution in [0.15, 0.2) is 53.4 Å². The zero-order valence-corrected chi connectivity index (χ0v) is 14.4. The van der Waals surface area contributed by atoms with E-state index in [-0.39, 0.29) is 10.9 Å². The predicted octanol–water partition coefficient (Wildman–Crippen LogP) is 4.40. The Morgan fingerprint density at radius 3 is 2.32 bits per heavy atom. The quantitative estimate of drug-likeness (QED) is 0.804. The highest BCUT2D eigenvalue weighted by molar-refractivity contribution is 7.89. The average molecular weight is 369 g/mol. The summed E-state index contributed by atoms with van der Waals surface area (Å²) in [5.41, 5.74) is 1.22. The van der Waals surface area contributed by atoms with Crippen LogP contribution in [-0.2, 0) is 22.6 Å². The SMILES string of the molecule is CN([C@H]1CCCc2ccccc21)S(=O)(=O)c1ccc(C(F)(F)F)cc1. The molecule has 0 N–H and O–H groups in total. The zero-order valence-electron chi connectivity index (χ0n) is 13.6. The molecule has 0 heterocycles. The van der Waals surface area contributed by atoms with Gasteiger partial charge in [-0.2, -0.15) is 17.5 Å². The number of alkyl halides is 3. The first-order valence-corrected chi connectivity index (χ1v) is 9.38. The molecule has 3 rings (SSSR count). The van der Waals surface area contributed by atoms with Crippen LogP contribution in [0.3, 0.4) is 0 Å². The van der Waals surface area contributed by atoms with Gasteiger partial charge in [0, 0.05) is 13.1 Å². The van der Waals surface area contributed by atoms with E-state index in [0.29, 0.717) is 6.42 Å². The maximum absolute atomic E-state index is 12.8. The molecular weight excluding hydrogens is 351 g/mol. The van der Waals surface area contributed by atoms with Crippen LogP contribution >= 0.6 is 0 Å². The molecule has 2 aromatic rings. The van der Waals surface area contributed by atoms with E-state index in [1.54, 1.807) is 0 Å². The minimum absolute atomic E-state index is 0.133. The van der Waals surface area contributed by atoms with E-state index in [1.807, 2.05) is 24.3 Å². The Bertz CT molecular complexity index is 861. The predicted molar refractivity (Wildman–Crippen MR) is 88.5 cm³/mol. The number of aryl methyl sites for hydroxylation is 1. The fourth-order valence-electron chi connectivity index (χ4n) is 3.26. The summed E-state index contributed by atoms with van der Waals surface area (Å²) in [5.74, 6) is 0. The lowest BCUT2D eigenvalue weighted by Gasteiger charge is -2.32. The van der Waals surface area contributed by atoms with Crippen LogP contribution in [0, 0.1) is 0 Å². The topological polar surface area (TPSA) is 37.4 Å². The molecule has 0 aromatic heterocycles. The van der Waals surface area contributed by atoms with Gasteiger partial charge in [-0.15, -0.1) is 0 Å². The molecule has 0 unspecified atom stereocenters. The van der Waals surface area contributed by atoms with E-state index < -0.39 is 21.8 Å². The number of hydrogen-bond donors (Lipinski definition) is 0. The fourth-order valence-corrected chi connectivity index (χ4v) is 4.62. The third-order valence-electron chi connectivity index (χ3n) is 4.64. The number of fused-ring (bicyclic) bond motifs is 1. The highest BCUT2D eigenvalue weighted by Gasteiger charge is 2.34. The van der Waals surface area contributed by atoms with Gasteiger partial charge in [-0.25, -0.2) is 8.42 Å². The van der Waals surface area contributed by atoms with Crippen LogP contribution in [0.2, 0.25) is 0 Å². The van der Waals surface area contributed by atoms with Crippen LogP contribution in [0.4, 0.5) is 13.2 Å². The Labute approximate surface area is 145 Å². The molecule has 0 saturated carbocycles. The van der Waals surface area contributed by atoms with Gasteiger partial charge in [0.15, 0.2) is 0 Å². The highest BCUT2D eigenvalue weighted by Crippen LogP contribution is 2.37. The summed E-state index contributed by atoms with van der Waals surface area (Å²) < 4.78 is 65.0. The van der Waals surface area contributed by atoms with Gasteiger partial charge in [-0.1, -0.05) is 24.3 Å². The maximum atomic E-state index is 12.8. The molecule has 2 aromatic carbocycles. The molecule has 0 fully saturated rings. The number of sulfonamides is 1. The number of benzene rings is 2. The Hall–Kier alpha value is -1.86. The van der Waals surface area contributed by atoms with E-state index in [9.17, 15) is 21.6 Å². The molecule has 3 nitrogen and oxygen atoms in total. The van der Waals surface area contributed by atoms with E-state index in [4.69, 9.17) is 0 Å². The Balaban J connectivity index is 1.93. The summed E-state index contributed by atoms with van der Waals surface area (Å²) in [5, 5.41) is 0. The summed E-state index contributed by atoms with van der Waals surface area (Å²) in [7, 11) is -2.39. The standard InChI is InChI=1S/C18H18F3NO2S/c1-22(17-8-4-6-13-5-2-3-7-16(13)17)25(23,24)15-11-9-14(10-12-15)18(19,20)21/h2-3,5,7,9-12,17H,4,6,8H2,1H3/t17-/m0/s1. The highest BCUT2D eigenvalue weighted by atomic mass is 32.2. The van der Waals surface area contributed by atoms with Gasteiger partial charge in [-0.05, 0) is 54.7 Å². The normalized spacial score (nSPS) is 18.2. The monoisotopic (exact) mass is 369 g/mol. The maximum Gasteiger partial charge on any atom is 0.416 e. The van der Waals surface area contributed by atoms with Crippen molar-refractivity contribution in [3.05, 3.63) is 65.2 Å². The molecule has 134 valence electrons. The minimum atomic E-state index is -4.49. The molecule has 25 heavy (non-hydrogen) atoms. The first kappa shape index (κ1) is 17.9. The van der Waals surface area contributed by atoms with Crippen molar-refractivity contribution in [2.45, 2.75) is 36.4 Å². The van der Waals surface area contributed by atoms with E-state index in [2.05, 4.69) is 0 Å². The van der Waals surface area contributed by atoms with Crippen molar-refractivity contribution in [3.8, 4) is 0 Å². The Morgan fingerprint density at radius 1 is 1.04 bits per heavy atom. The van der Waals surface area contributed by atoms with Gasteiger partial charge < -0.3 is 0 Å². The van der Waals surface area contributed by atoms with Crippen molar-refractivity contribution in [2.75, 3.05) is 7.05 Å². The van der Waals surface area contributed by atoms with E-state index in [0.717, 1.165) is 48.2 Å². The van der Waals surface area contributed by atoms with Crippen molar-refractivity contribution < 1.29 is 21.6 Å². The molecule has 1 aliphatic carbocycles. The number of nitrogens with zero attached hydrogens (tertiary/aromatic N) is 1. The summed E-state index contributed by atoms with van der Waals surface area (Å²) in [4.78, 5) is -0.133. The molecule has 1 aliphatic rings. The van der Waals surface area contributed by atoms with Gasteiger partial charge in [0.2, 0.25) is 10.0 Å². The van der Waals surface area contributed by atoms with Crippen LogP contribution in [0.5, 0.6) is 0 Å². The molecule has 1 atom stereocenters. The molecule has 0 aliphatic heterocycles. The van der Waals surface area contributed by atoms with Crippen LogP contribution < -0.4 is 0 Å². The van der Waals surface area contributed by atoms with Crippen molar-refractivity contribution >= 4 is 10.0 Å². The zero-order chi connectivity index (χ0) is 18.2. The number of hydrogen-bond acceptors (Lipinski definition) is 2. The Kier molecular flexibility index (Phi) is 4.64. The van der Waals surface area contributed by atoms with Gasteiger partial charge in [0.1, 0.15) is 0 Å². The second kappa shape index (κ2) is 6.46. The number of halogens is 3. The molecule has 0 bridgehead atoms. The molecule has 0 saturated heterocycles. The lowest BCUT2D eigenvalue weighted by molar-refractivity contribution is -0.137. The first-order chi connectivity index (χ1) is 11.7. The number of rotatable bonds is 3. The van der Waals surface area contributed by atoms with Crippen LogP contribution in [-0.4, -0.2) is 19.8 Å². The summed E-state index contributed by atoms with van der Waals surface area (Å²) in [6.07, 6.45) is -2.03. The van der Waals surface area contributed by atoms with Crippen molar-refractivity contribution in [2.24, 2.45) is 0 Å². The second-order valence-corrected chi connectivity index (χ2v) is 8.15. The summed E-state index contributed by atoms with van der Waals surface area (Å²) >= 11 is 0. The Morgan fingerprint density at radius 2 is 1.68 bits per heavy atom. The van der Waals surface area contributed by atoms with Gasteiger partial charge >= 0.3 is 6.18 Å². The lowest BCUT2D eigenvalue weighted by Crippen LogP contribution is -2.33. The van der Waals surface area contributed by atoms with Crippen LogP contribution in [0.1, 0.15) is 35.6 Å². The van der Waals surface area contributed by atoms with Gasteiger partial charge in [0.25, 0.3) is 0 Å². The van der Waals surface area contributed by atoms with Crippen molar-refractivity contribution in [1.82, 2.24) is 4.31 Å². The largest absolute Gasteiger partial charge is 0.416 e. The molecule has 0 spiro atoms. The van der Waals surface area contributed by atoms with Crippen molar-refractivity contribution in [1.29, 1.82) is 0 Å². The smallest absolute Gasteiger partial charge is 0.207 e. The first-order valence-electron chi connectivity index (χ1n) is 7.94. The van der Waals surface area contributed by atoms with Crippen molar-refractivity contribution in [3.63, 3.8) is 0 Å². The van der Waals surface area contributed by atoms with Crippen LogP contribution in [0.25, 0.3) is 0 Å². The van der Waals surface area contributed by atoms with E-state index >= 15 is 0 Å². The van der Waals surface area contributed by atoms with Gasteiger partial charge in [0.05, 0.1) is 10.5 Å². The summed E-state index contributed by atoms with van der Waals surface area (Å²) in [6.45, 7) is 0. The molecular formula is C18H18F3NO2S. The van der Waals surface area contributed by atoms with Gasteiger partial charge in [-0.3, -0.25) is 0 Å². The minimum Gasteiger partial charge on any atom is -0.207 e.